The molecular formula is C14H20O. The van der Waals surface area contributed by atoms with Gasteiger partial charge in [-0.05, 0) is 30.5 Å². The molecule has 1 aromatic rings. The Morgan fingerprint density at radius 1 is 1.13 bits per heavy atom. The zero-order valence-electron chi connectivity index (χ0n) is 9.70. The first kappa shape index (κ1) is 11.8. The van der Waals surface area contributed by atoms with Crippen LogP contribution < -0.4 is 4.74 Å². The highest BCUT2D eigenvalue weighted by Gasteiger charge is 1.91. The lowest BCUT2D eigenvalue weighted by molar-refractivity contribution is 0.414. The maximum absolute atomic E-state index is 5.11. The van der Waals surface area contributed by atoms with Crippen LogP contribution in [0.15, 0.2) is 36.4 Å². The van der Waals surface area contributed by atoms with Crippen molar-refractivity contribution in [1.29, 1.82) is 0 Å². The van der Waals surface area contributed by atoms with Gasteiger partial charge in [-0.3, -0.25) is 0 Å². The number of benzene rings is 1. The van der Waals surface area contributed by atoms with Crippen LogP contribution in [-0.2, 0) is 6.42 Å². The van der Waals surface area contributed by atoms with Gasteiger partial charge in [-0.1, -0.05) is 44.1 Å². The van der Waals surface area contributed by atoms with Crippen molar-refractivity contribution in [1.82, 2.24) is 0 Å². The van der Waals surface area contributed by atoms with Crippen molar-refractivity contribution in [3.05, 3.63) is 42.0 Å². The molecule has 0 bridgehead atoms. The van der Waals surface area contributed by atoms with Gasteiger partial charge in [0, 0.05) is 0 Å². The van der Waals surface area contributed by atoms with E-state index in [4.69, 9.17) is 4.74 Å². The van der Waals surface area contributed by atoms with E-state index in [0.29, 0.717) is 0 Å². The lowest BCUT2D eigenvalue weighted by Crippen LogP contribution is -1.84. The van der Waals surface area contributed by atoms with Crippen molar-refractivity contribution in [3.63, 3.8) is 0 Å². The Balaban J connectivity index is 2.34. The molecule has 82 valence electrons. The van der Waals surface area contributed by atoms with Crippen LogP contribution in [-0.4, -0.2) is 7.11 Å². The minimum atomic E-state index is 0.925. The molecule has 0 aliphatic carbocycles. The van der Waals surface area contributed by atoms with E-state index in [1.807, 2.05) is 12.1 Å². The maximum Gasteiger partial charge on any atom is 0.118 e. The van der Waals surface area contributed by atoms with E-state index in [0.717, 1.165) is 12.2 Å². The summed E-state index contributed by atoms with van der Waals surface area (Å²) in [4.78, 5) is 0. The zero-order valence-corrected chi connectivity index (χ0v) is 9.70. The number of unbranched alkanes of at least 4 members (excludes halogenated alkanes) is 2. The number of ether oxygens (including phenoxy) is 1. The number of hydrogen-bond acceptors (Lipinski definition) is 1. The molecule has 1 nitrogen and oxygen atoms in total. The van der Waals surface area contributed by atoms with Gasteiger partial charge >= 0.3 is 0 Å². The molecule has 0 aromatic heterocycles. The summed E-state index contributed by atoms with van der Waals surface area (Å²) in [5, 5.41) is 0. The predicted molar refractivity (Wildman–Crippen MR) is 65.4 cm³/mol. The van der Waals surface area contributed by atoms with Gasteiger partial charge in [0.2, 0.25) is 0 Å². The SMILES string of the molecule is CCCC/C=C/Cc1ccc(OC)cc1. The molecule has 1 aromatic carbocycles. The van der Waals surface area contributed by atoms with Gasteiger partial charge in [-0.2, -0.15) is 0 Å². The van der Waals surface area contributed by atoms with Crippen LogP contribution in [0, 0.1) is 0 Å². The second-order valence-corrected chi connectivity index (χ2v) is 3.67. The van der Waals surface area contributed by atoms with Crippen LogP contribution >= 0.6 is 0 Å². The molecule has 0 N–H and O–H groups in total. The molecule has 15 heavy (non-hydrogen) atoms. The van der Waals surface area contributed by atoms with Crippen molar-refractivity contribution < 1.29 is 4.74 Å². The predicted octanol–water partition coefficient (Wildman–Crippen LogP) is 3.98. The minimum Gasteiger partial charge on any atom is -0.497 e. The van der Waals surface area contributed by atoms with Crippen LogP contribution in [0.25, 0.3) is 0 Å². The average Bonchev–Trinajstić information content (AvgIpc) is 2.30. The highest BCUT2D eigenvalue weighted by atomic mass is 16.5. The number of allylic oxidation sites excluding steroid dienone is 2. The summed E-state index contributed by atoms with van der Waals surface area (Å²) >= 11 is 0. The standard InChI is InChI=1S/C14H20O/c1-3-4-5-6-7-8-13-9-11-14(15-2)12-10-13/h6-7,9-12H,3-5,8H2,1-2H3/b7-6+. The van der Waals surface area contributed by atoms with Crippen LogP contribution in [0.5, 0.6) is 5.75 Å². The summed E-state index contributed by atoms with van der Waals surface area (Å²) < 4.78 is 5.11. The molecule has 0 radical (unpaired) electrons. The summed E-state index contributed by atoms with van der Waals surface area (Å²) in [6.45, 7) is 2.22. The summed E-state index contributed by atoms with van der Waals surface area (Å²) in [6.07, 6.45) is 9.30. The molecule has 1 rings (SSSR count). The first-order valence-electron chi connectivity index (χ1n) is 5.64. The Labute approximate surface area is 92.8 Å². The fourth-order valence-electron chi connectivity index (χ4n) is 1.42. The lowest BCUT2D eigenvalue weighted by Gasteiger charge is -2.00. The smallest absolute Gasteiger partial charge is 0.118 e. The van der Waals surface area contributed by atoms with Gasteiger partial charge < -0.3 is 4.74 Å². The normalized spacial score (nSPS) is 10.8. The number of methoxy groups -OCH3 is 1. The van der Waals surface area contributed by atoms with E-state index in [1.54, 1.807) is 7.11 Å². The second-order valence-electron chi connectivity index (χ2n) is 3.67. The molecule has 0 heterocycles. The quantitative estimate of drug-likeness (QED) is 0.503. The van der Waals surface area contributed by atoms with Crippen LogP contribution in [0.4, 0.5) is 0 Å². The van der Waals surface area contributed by atoms with E-state index < -0.39 is 0 Å². The Morgan fingerprint density at radius 3 is 2.47 bits per heavy atom. The Bertz CT molecular complexity index is 285. The van der Waals surface area contributed by atoms with Crippen molar-refractivity contribution in [2.75, 3.05) is 7.11 Å². The lowest BCUT2D eigenvalue weighted by atomic mass is 10.1. The van der Waals surface area contributed by atoms with Gasteiger partial charge in [0.1, 0.15) is 5.75 Å². The first-order valence-corrected chi connectivity index (χ1v) is 5.64. The third-order valence-corrected chi connectivity index (χ3v) is 2.40. The molecule has 0 saturated carbocycles. The monoisotopic (exact) mass is 204 g/mol. The molecule has 0 amide bonds. The fourth-order valence-corrected chi connectivity index (χ4v) is 1.42. The third-order valence-electron chi connectivity index (χ3n) is 2.40. The molecule has 0 unspecified atom stereocenters. The summed E-state index contributed by atoms with van der Waals surface area (Å²) in [5.74, 6) is 0.925. The van der Waals surface area contributed by atoms with Crippen molar-refractivity contribution in [2.24, 2.45) is 0 Å². The largest absolute Gasteiger partial charge is 0.497 e. The number of rotatable bonds is 6. The van der Waals surface area contributed by atoms with Gasteiger partial charge in [0.05, 0.1) is 7.11 Å². The van der Waals surface area contributed by atoms with Crippen molar-refractivity contribution >= 4 is 0 Å². The molecular weight excluding hydrogens is 184 g/mol. The summed E-state index contributed by atoms with van der Waals surface area (Å²) in [5.41, 5.74) is 1.34. The Kier molecular flexibility index (Phi) is 5.60. The highest BCUT2D eigenvalue weighted by Crippen LogP contribution is 2.11. The van der Waals surface area contributed by atoms with E-state index in [9.17, 15) is 0 Å². The maximum atomic E-state index is 5.11. The highest BCUT2D eigenvalue weighted by molar-refractivity contribution is 5.28. The second kappa shape index (κ2) is 7.10. The summed E-state index contributed by atoms with van der Waals surface area (Å²) in [6, 6.07) is 8.25. The number of hydrogen-bond donors (Lipinski definition) is 0. The van der Waals surface area contributed by atoms with E-state index >= 15 is 0 Å². The van der Waals surface area contributed by atoms with Gasteiger partial charge in [-0.15, -0.1) is 0 Å². The molecule has 0 spiro atoms. The molecule has 1 heteroatoms. The van der Waals surface area contributed by atoms with Crippen molar-refractivity contribution in [3.8, 4) is 5.75 Å². The van der Waals surface area contributed by atoms with Crippen molar-refractivity contribution in [2.45, 2.75) is 32.6 Å². The van der Waals surface area contributed by atoms with Gasteiger partial charge in [-0.25, -0.2) is 0 Å². The Hall–Kier alpha value is -1.24. The zero-order chi connectivity index (χ0) is 10.9. The third kappa shape index (κ3) is 4.68. The molecule has 0 fully saturated rings. The molecule has 0 atom stereocenters. The average molecular weight is 204 g/mol. The van der Waals surface area contributed by atoms with Crippen LogP contribution in [0.2, 0.25) is 0 Å². The first-order chi connectivity index (χ1) is 7.36. The fraction of sp³-hybridized carbons (Fsp3) is 0.429. The molecule has 0 aliphatic heterocycles. The van der Waals surface area contributed by atoms with Crippen LogP contribution in [0.1, 0.15) is 31.7 Å². The van der Waals surface area contributed by atoms with Gasteiger partial charge in [0.15, 0.2) is 0 Å². The van der Waals surface area contributed by atoms with E-state index in [1.165, 1.54) is 24.8 Å². The van der Waals surface area contributed by atoms with Gasteiger partial charge in [0.25, 0.3) is 0 Å². The Morgan fingerprint density at radius 2 is 1.87 bits per heavy atom. The summed E-state index contributed by atoms with van der Waals surface area (Å²) in [7, 11) is 1.69. The van der Waals surface area contributed by atoms with Crippen LogP contribution in [0.3, 0.4) is 0 Å². The molecule has 0 aliphatic rings. The topological polar surface area (TPSA) is 9.23 Å². The van der Waals surface area contributed by atoms with E-state index in [2.05, 4.69) is 31.2 Å². The molecule has 0 saturated heterocycles. The minimum absolute atomic E-state index is 0.925. The van der Waals surface area contributed by atoms with E-state index in [-0.39, 0.29) is 0 Å².